The summed E-state index contributed by atoms with van der Waals surface area (Å²) in [5, 5.41) is 29.7. The highest BCUT2D eigenvalue weighted by molar-refractivity contribution is 5.83. The predicted octanol–water partition coefficient (Wildman–Crippen LogP) is -0.189. The average Bonchev–Trinajstić information content (AvgIpc) is 3.29. The monoisotopic (exact) mass is 397 g/mol. The zero-order valence-electron chi connectivity index (χ0n) is 15.4. The lowest BCUT2D eigenvalue weighted by molar-refractivity contribution is -0.0511. The smallest absolute Gasteiger partial charge is 0.209 e. The van der Waals surface area contributed by atoms with E-state index in [0.29, 0.717) is 17.0 Å². The van der Waals surface area contributed by atoms with E-state index in [9.17, 15) is 15.3 Å². The third-order valence-corrected chi connectivity index (χ3v) is 4.50. The first kappa shape index (κ1) is 19.3. The number of benzene rings is 1. The van der Waals surface area contributed by atoms with E-state index in [-0.39, 0.29) is 5.82 Å². The van der Waals surface area contributed by atoms with E-state index in [1.165, 1.54) is 18.0 Å². The van der Waals surface area contributed by atoms with Crippen LogP contribution in [0.1, 0.15) is 17.6 Å². The number of aliphatic hydroxyl groups is 3. The Labute approximate surface area is 165 Å². The van der Waals surface area contributed by atoms with Crippen LogP contribution in [0, 0.1) is 11.8 Å². The average molecular weight is 397 g/mol. The van der Waals surface area contributed by atoms with Crippen LogP contribution in [0.2, 0.25) is 0 Å². The molecule has 0 amide bonds. The summed E-state index contributed by atoms with van der Waals surface area (Å²) >= 11 is 0. The van der Waals surface area contributed by atoms with E-state index < -0.39 is 31.1 Å². The molecule has 3 aromatic rings. The number of aliphatic hydroxyl groups excluding tert-OH is 3. The van der Waals surface area contributed by atoms with Gasteiger partial charge in [0, 0.05) is 5.56 Å². The maximum atomic E-state index is 10.3. The van der Waals surface area contributed by atoms with Crippen molar-refractivity contribution < 1.29 is 24.9 Å². The van der Waals surface area contributed by atoms with Crippen LogP contribution in [0.3, 0.4) is 0 Å². The summed E-state index contributed by atoms with van der Waals surface area (Å²) in [6, 6.07) is 9.38. The van der Waals surface area contributed by atoms with Gasteiger partial charge in [-0.05, 0) is 18.1 Å². The zero-order chi connectivity index (χ0) is 20.4. The molecule has 29 heavy (non-hydrogen) atoms. The van der Waals surface area contributed by atoms with E-state index in [1.807, 2.05) is 30.3 Å². The Bertz CT molecular complexity index is 1060. The lowest BCUT2D eigenvalue weighted by Gasteiger charge is -2.16. The second kappa shape index (κ2) is 8.12. The lowest BCUT2D eigenvalue weighted by Crippen LogP contribution is -2.33. The fourth-order valence-corrected chi connectivity index (χ4v) is 3.09. The van der Waals surface area contributed by atoms with Crippen LogP contribution in [-0.4, -0.2) is 66.9 Å². The fraction of sp³-hybridized carbons (Fsp3) is 0.316. The first-order chi connectivity index (χ1) is 14.1. The Morgan fingerprint density at radius 1 is 1.17 bits per heavy atom. The van der Waals surface area contributed by atoms with Crippen molar-refractivity contribution in [1.29, 1.82) is 0 Å². The second-order valence-corrected chi connectivity index (χ2v) is 6.37. The minimum Gasteiger partial charge on any atom is -0.394 e. The van der Waals surface area contributed by atoms with E-state index in [4.69, 9.17) is 9.57 Å². The summed E-state index contributed by atoms with van der Waals surface area (Å²) in [4.78, 5) is 18.0. The normalized spacial score (nSPS) is 23.7. The molecule has 4 rings (SSSR count). The van der Waals surface area contributed by atoms with Crippen LogP contribution in [0.5, 0.6) is 0 Å². The van der Waals surface area contributed by atoms with Gasteiger partial charge in [-0.15, -0.1) is 0 Å². The molecule has 0 saturated carbocycles. The van der Waals surface area contributed by atoms with Gasteiger partial charge in [0.05, 0.1) is 20.0 Å². The summed E-state index contributed by atoms with van der Waals surface area (Å²) in [7, 11) is 1.44. The standard InChI is InChI=1S/C19H19N5O5/c1-28-23-17-14-18(22-13(21-17)8-7-11-5-3-2-4-6-11)24(10-20-14)19-16(27)15(26)12(9-25)29-19/h2-6,10,12,15-16,19,25-27H,9H2,1H3,(H,21,22,23)/t12-,15-,16-,19-/m1/s1. The van der Waals surface area contributed by atoms with E-state index in [2.05, 4.69) is 32.3 Å². The van der Waals surface area contributed by atoms with E-state index >= 15 is 0 Å². The Kier molecular flexibility index (Phi) is 5.39. The number of hydrogen-bond acceptors (Lipinski definition) is 9. The van der Waals surface area contributed by atoms with Gasteiger partial charge in [-0.1, -0.05) is 24.1 Å². The molecule has 0 radical (unpaired) electrons. The maximum absolute atomic E-state index is 10.3. The topological polar surface area (TPSA) is 135 Å². The van der Waals surface area contributed by atoms with Crippen molar-refractivity contribution >= 4 is 17.0 Å². The van der Waals surface area contributed by atoms with Crippen LogP contribution < -0.4 is 5.48 Å². The lowest BCUT2D eigenvalue weighted by atomic mass is 10.1. The number of rotatable bonds is 4. The second-order valence-electron chi connectivity index (χ2n) is 6.37. The number of hydrogen-bond donors (Lipinski definition) is 4. The molecule has 2 aromatic heterocycles. The maximum Gasteiger partial charge on any atom is 0.209 e. The SMILES string of the molecule is CONc1nc(C#Cc2ccccc2)nc2c1ncn2[C@@H]1O[C@H](CO)[C@@H](O)[C@H]1O. The Hall–Kier alpha value is -3.07. The van der Waals surface area contributed by atoms with Crippen molar-refractivity contribution in [2.75, 3.05) is 19.2 Å². The highest BCUT2D eigenvalue weighted by Gasteiger charge is 2.44. The van der Waals surface area contributed by atoms with Gasteiger partial charge in [0.15, 0.2) is 23.2 Å². The van der Waals surface area contributed by atoms with Crippen molar-refractivity contribution in [3.63, 3.8) is 0 Å². The molecule has 150 valence electrons. The zero-order valence-corrected chi connectivity index (χ0v) is 15.4. The molecule has 0 bridgehead atoms. The highest BCUT2D eigenvalue weighted by Crippen LogP contribution is 2.32. The van der Waals surface area contributed by atoms with Gasteiger partial charge in [0.2, 0.25) is 5.82 Å². The minimum absolute atomic E-state index is 0.203. The molecular weight excluding hydrogens is 378 g/mol. The Morgan fingerprint density at radius 2 is 1.97 bits per heavy atom. The van der Waals surface area contributed by atoms with Gasteiger partial charge in [-0.2, -0.15) is 4.98 Å². The highest BCUT2D eigenvalue weighted by atomic mass is 16.6. The Balaban J connectivity index is 1.78. The molecule has 10 heteroatoms. The van der Waals surface area contributed by atoms with Crippen LogP contribution in [0.15, 0.2) is 36.7 Å². The number of ether oxygens (including phenoxy) is 1. The van der Waals surface area contributed by atoms with Crippen LogP contribution in [0.25, 0.3) is 11.2 Å². The summed E-state index contributed by atoms with van der Waals surface area (Å²) in [6.07, 6.45) is -2.99. The Morgan fingerprint density at radius 3 is 2.66 bits per heavy atom. The minimum atomic E-state index is -1.27. The summed E-state index contributed by atoms with van der Waals surface area (Å²) in [5.41, 5.74) is 4.14. The van der Waals surface area contributed by atoms with Gasteiger partial charge < -0.3 is 20.1 Å². The number of nitrogens with zero attached hydrogens (tertiary/aromatic N) is 4. The molecule has 1 aliphatic heterocycles. The molecule has 0 aliphatic carbocycles. The summed E-state index contributed by atoms with van der Waals surface area (Å²) < 4.78 is 7.05. The molecular formula is C19H19N5O5. The number of fused-ring (bicyclic) bond motifs is 1. The quantitative estimate of drug-likeness (QED) is 0.349. The van der Waals surface area contributed by atoms with Crippen molar-refractivity contribution in [2.24, 2.45) is 0 Å². The van der Waals surface area contributed by atoms with Gasteiger partial charge >= 0.3 is 0 Å². The van der Waals surface area contributed by atoms with Gasteiger partial charge in [-0.25, -0.2) is 15.4 Å². The first-order valence-corrected chi connectivity index (χ1v) is 8.85. The largest absolute Gasteiger partial charge is 0.394 e. The molecule has 4 N–H and O–H groups in total. The third-order valence-electron chi connectivity index (χ3n) is 4.50. The van der Waals surface area contributed by atoms with Gasteiger partial charge in [-0.3, -0.25) is 9.40 Å². The van der Waals surface area contributed by atoms with Crippen LogP contribution >= 0.6 is 0 Å². The van der Waals surface area contributed by atoms with Crippen molar-refractivity contribution in [1.82, 2.24) is 19.5 Å². The van der Waals surface area contributed by atoms with Crippen molar-refractivity contribution in [2.45, 2.75) is 24.5 Å². The predicted molar refractivity (Wildman–Crippen MR) is 101 cm³/mol. The molecule has 0 unspecified atom stereocenters. The van der Waals surface area contributed by atoms with Crippen LogP contribution in [-0.2, 0) is 9.57 Å². The molecule has 4 atom stereocenters. The molecule has 3 heterocycles. The third kappa shape index (κ3) is 3.65. The number of anilines is 1. The molecule has 1 aromatic carbocycles. The van der Waals surface area contributed by atoms with Crippen LogP contribution in [0.4, 0.5) is 5.82 Å². The first-order valence-electron chi connectivity index (χ1n) is 8.85. The number of imidazole rings is 1. The van der Waals surface area contributed by atoms with Crippen molar-refractivity contribution in [3.05, 3.63) is 48.0 Å². The molecule has 1 fully saturated rings. The fourth-order valence-electron chi connectivity index (χ4n) is 3.09. The number of nitrogens with one attached hydrogen (secondary N) is 1. The molecule has 10 nitrogen and oxygen atoms in total. The number of aromatic nitrogens is 4. The summed E-state index contributed by atoms with van der Waals surface area (Å²) in [5.74, 6) is 6.37. The van der Waals surface area contributed by atoms with E-state index in [0.717, 1.165) is 5.56 Å². The molecule has 0 spiro atoms. The van der Waals surface area contributed by atoms with Gasteiger partial charge in [0.1, 0.15) is 18.3 Å². The van der Waals surface area contributed by atoms with E-state index in [1.54, 1.807) is 0 Å². The molecule has 1 saturated heterocycles. The molecule has 1 aliphatic rings. The summed E-state index contributed by atoms with van der Waals surface area (Å²) in [6.45, 7) is -0.430. The van der Waals surface area contributed by atoms with Gasteiger partial charge in [0.25, 0.3) is 0 Å². The van der Waals surface area contributed by atoms with Crippen molar-refractivity contribution in [3.8, 4) is 11.8 Å².